The van der Waals surface area contributed by atoms with Gasteiger partial charge in [0.2, 0.25) is 0 Å². The summed E-state index contributed by atoms with van der Waals surface area (Å²) in [6.45, 7) is 5.82. The SMILES string of the molecule is Cc1c(I)cc(C(=O)O)c(C)c1C. The van der Waals surface area contributed by atoms with Gasteiger partial charge in [-0.3, -0.25) is 0 Å². The third kappa shape index (κ3) is 1.85. The molecule has 0 bridgehead atoms. The van der Waals surface area contributed by atoms with Crippen molar-refractivity contribution < 1.29 is 9.90 Å². The average molecular weight is 290 g/mol. The van der Waals surface area contributed by atoms with Crippen molar-refractivity contribution in [1.29, 1.82) is 0 Å². The van der Waals surface area contributed by atoms with Crippen LogP contribution in [0.5, 0.6) is 0 Å². The Morgan fingerprint density at radius 1 is 1.23 bits per heavy atom. The van der Waals surface area contributed by atoms with E-state index in [1.165, 1.54) is 5.56 Å². The summed E-state index contributed by atoms with van der Waals surface area (Å²) in [6, 6.07) is 1.72. The van der Waals surface area contributed by atoms with Gasteiger partial charge in [0, 0.05) is 3.57 Å². The van der Waals surface area contributed by atoms with Crippen LogP contribution in [0.3, 0.4) is 0 Å². The van der Waals surface area contributed by atoms with Gasteiger partial charge in [-0.25, -0.2) is 4.79 Å². The summed E-state index contributed by atoms with van der Waals surface area (Å²) in [5.74, 6) is -0.849. The molecule has 0 saturated carbocycles. The Kier molecular flexibility index (Phi) is 2.95. The van der Waals surface area contributed by atoms with E-state index < -0.39 is 5.97 Å². The molecular weight excluding hydrogens is 279 g/mol. The maximum Gasteiger partial charge on any atom is 0.335 e. The number of carboxylic acid groups (broad SMARTS) is 1. The van der Waals surface area contributed by atoms with Crippen LogP contribution in [0.25, 0.3) is 0 Å². The van der Waals surface area contributed by atoms with Crippen molar-refractivity contribution in [2.45, 2.75) is 20.8 Å². The van der Waals surface area contributed by atoms with E-state index >= 15 is 0 Å². The van der Waals surface area contributed by atoms with Gasteiger partial charge in [-0.05, 0) is 66.1 Å². The molecule has 2 nitrogen and oxygen atoms in total. The highest BCUT2D eigenvalue weighted by Gasteiger charge is 2.12. The molecule has 1 rings (SSSR count). The van der Waals surface area contributed by atoms with Crippen molar-refractivity contribution in [3.05, 3.63) is 31.9 Å². The lowest BCUT2D eigenvalue weighted by Gasteiger charge is -2.09. The van der Waals surface area contributed by atoms with Crippen LogP contribution in [0, 0.1) is 24.3 Å². The van der Waals surface area contributed by atoms with Gasteiger partial charge in [0.15, 0.2) is 0 Å². The maximum absolute atomic E-state index is 10.8. The molecule has 13 heavy (non-hydrogen) atoms. The van der Waals surface area contributed by atoms with E-state index in [0.717, 1.165) is 14.7 Å². The average Bonchev–Trinajstić information content (AvgIpc) is 2.07. The molecule has 0 fully saturated rings. The van der Waals surface area contributed by atoms with Crippen molar-refractivity contribution in [2.24, 2.45) is 0 Å². The van der Waals surface area contributed by atoms with Crippen LogP contribution in [0.4, 0.5) is 0 Å². The summed E-state index contributed by atoms with van der Waals surface area (Å²) in [6.07, 6.45) is 0. The molecule has 0 saturated heterocycles. The number of carboxylic acids is 1. The second-order valence-corrected chi connectivity index (χ2v) is 4.25. The quantitative estimate of drug-likeness (QED) is 0.807. The van der Waals surface area contributed by atoms with Gasteiger partial charge in [-0.2, -0.15) is 0 Å². The van der Waals surface area contributed by atoms with E-state index in [2.05, 4.69) is 22.6 Å². The van der Waals surface area contributed by atoms with Crippen molar-refractivity contribution in [2.75, 3.05) is 0 Å². The summed E-state index contributed by atoms with van der Waals surface area (Å²) in [5.41, 5.74) is 3.52. The molecule has 1 aromatic carbocycles. The van der Waals surface area contributed by atoms with E-state index in [0.29, 0.717) is 5.56 Å². The molecule has 0 aliphatic carbocycles. The number of rotatable bonds is 1. The topological polar surface area (TPSA) is 37.3 Å². The Hall–Kier alpha value is -0.580. The Balaban J connectivity index is 3.50. The fourth-order valence-corrected chi connectivity index (χ4v) is 1.94. The molecule has 0 aromatic heterocycles. The fraction of sp³-hybridized carbons (Fsp3) is 0.300. The van der Waals surface area contributed by atoms with Gasteiger partial charge in [-0.15, -0.1) is 0 Å². The molecule has 0 heterocycles. The molecule has 0 amide bonds. The molecule has 0 radical (unpaired) electrons. The van der Waals surface area contributed by atoms with Crippen LogP contribution in [-0.4, -0.2) is 11.1 Å². The molecular formula is C10H11IO2. The lowest BCUT2D eigenvalue weighted by molar-refractivity contribution is 0.0696. The summed E-state index contributed by atoms with van der Waals surface area (Å²) < 4.78 is 1.01. The summed E-state index contributed by atoms with van der Waals surface area (Å²) in [7, 11) is 0. The predicted molar refractivity (Wildman–Crippen MR) is 60.3 cm³/mol. The monoisotopic (exact) mass is 290 g/mol. The largest absolute Gasteiger partial charge is 0.478 e. The van der Waals surface area contributed by atoms with Crippen LogP contribution in [0.2, 0.25) is 0 Å². The molecule has 0 unspecified atom stereocenters. The predicted octanol–water partition coefficient (Wildman–Crippen LogP) is 2.91. The third-order valence-electron chi connectivity index (χ3n) is 2.39. The minimum atomic E-state index is -0.849. The first-order valence-corrected chi connectivity index (χ1v) is 5.02. The third-order valence-corrected chi connectivity index (χ3v) is 3.51. The van der Waals surface area contributed by atoms with Crippen LogP contribution in [0.1, 0.15) is 27.0 Å². The van der Waals surface area contributed by atoms with Gasteiger partial charge in [0.1, 0.15) is 0 Å². The van der Waals surface area contributed by atoms with E-state index in [4.69, 9.17) is 5.11 Å². The maximum atomic E-state index is 10.8. The number of hydrogen-bond acceptors (Lipinski definition) is 1. The lowest BCUT2D eigenvalue weighted by atomic mass is 9.99. The van der Waals surface area contributed by atoms with Gasteiger partial charge in [0.05, 0.1) is 5.56 Å². The van der Waals surface area contributed by atoms with Crippen LogP contribution >= 0.6 is 22.6 Å². The Morgan fingerprint density at radius 2 is 1.77 bits per heavy atom. The number of aromatic carboxylic acids is 1. The highest BCUT2D eigenvalue weighted by Crippen LogP contribution is 2.22. The second kappa shape index (κ2) is 3.65. The van der Waals surface area contributed by atoms with Crippen LogP contribution < -0.4 is 0 Å². The second-order valence-electron chi connectivity index (χ2n) is 3.09. The summed E-state index contributed by atoms with van der Waals surface area (Å²) in [4.78, 5) is 10.8. The Morgan fingerprint density at radius 3 is 2.23 bits per heavy atom. The molecule has 1 N–H and O–H groups in total. The number of hydrogen-bond donors (Lipinski definition) is 1. The Bertz CT molecular complexity index is 370. The van der Waals surface area contributed by atoms with Gasteiger partial charge >= 0.3 is 5.97 Å². The molecule has 0 atom stereocenters. The number of benzene rings is 1. The zero-order valence-corrected chi connectivity index (χ0v) is 9.97. The van der Waals surface area contributed by atoms with E-state index in [-0.39, 0.29) is 0 Å². The molecule has 0 aliphatic rings. The Labute approximate surface area is 91.1 Å². The van der Waals surface area contributed by atoms with Crippen molar-refractivity contribution >= 4 is 28.6 Å². The van der Waals surface area contributed by atoms with Gasteiger partial charge in [0.25, 0.3) is 0 Å². The van der Waals surface area contributed by atoms with Crippen molar-refractivity contribution in [1.82, 2.24) is 0 Å². The smallest absolute Gasteiger partial charge is 0.335 e. The summed E-state index contributed by atoms with van der Waals surface area (Å²) >= 11 is 2.16. The first-order valence-electron chi connectivity index (χ1n) is 3.94. The molecule has 70 valence electrons. The lowest BCUT2D eigenvalue weighted by Crippen LogP contribution is -2.04. The highest BCUT2D eigenvalue weighted by atomic mass is 127. The van der Waals surface area contributed by atoms with Gasteiger partial charge < -0.3 is 5.11 Å². The van der Waals surface area contributed by atoms with E-state index in [9.17, 15) is 4.79 Å². The standard InChI is InChI=1S/C10H11IO2/c1-5-6(2)8(10(12)13)4-9(11)7(5)3/h4H,1-3H3,(H,12,13). The molecule has 3 heteroatoms. The minimum absolute atomic E-state index is 0.410. The van der Waals surface area contributed by atoms with Crippen LogP contribution in [0.15, 0.2) is 6.07 Å². The van der Waals surface area contributed by atoms with E-state index in [1.54, 1.807) is 6.07 Å². The van der Waals surface area contributed by atoms with Gasteiger partial charge in [-0.1, -0.05) is 0 Å². The van der Waals surface area contributed by atoms with Crippen molar-refractivity contribution in [3.63, 3.8) is 0 Å². The minimum Gasteiger partial charge on any atom is -0.478 e. The van der Waals surface area contributed by atoms with Crippen molar-refractivity contribution in [3.8, 4) is 0 Å². The van der Waals surface area contributed by atoms with Crippen LogP contribution in [-0.2, 0) is 0 Å². The zero-order chi connectivity index (χ0) is 10.2. The normalized spacial score (nSPS) is 10.2. The number of carbonyl (C=O) groups is 1. The first-order chi connectivity index (χ1) is 5.95. The first kappa shape index (κ1) is 10.5. The fourth-order valence-electron chi connectivity index (χ4n) is 1.23. The molecule has 0 spiro atoms. The summed E-state index contributed by atoms with van der Waals surface area (Å²) in [5, 5.41) is 8.90. The van der Waals surface area contributed by atoms with E-state index in [1.807, 2.05) is 20.8 Å². The number of halogens is 1. The molecule has 0 aliphatic heterocycles. The molecule has 1 aromatic rings. The zero-order valence-electron chi connectivity index (χ0n) is 7.81. The highest BCUT2D eigenvalue weighted by molar-refractivity contribution is 14.1.